The number of nitrogens with two attached hydrogens (primary N) is 1. The lowest BCUT2D eigenvalue weighted by molar-refractivity contribution is 0.743. The molecule has 2 heterocycles. The predicted molar refractivity (Wildman–Crippen MR) is 65.4 cm³/mol. The van der Waals surface area contributed by atoms with Crippen LogP contribution in [0.3, 0.4) is 0 Å². The smallest absolute Gasteiger partial charge is 0.223 e. The van der Waals surface area contributed by atoms with Gasteiger partial charge in [-0.05, 0) is 17.7 Å². The van der Waals surface area contributed by atoms with E-state index in [4.69, 9.17) is 5.73 Å². The molecule has 2 aromatic heterocycles. The minimum absolute atomic E-state index is 0.247. The molecule has 0 aliphatic heterocycles. The second-order valence-electron chi connectivity index (χ2n) is 4.15. The number of aromatic nitrogens is 4. The van der Waals surface area contributed by atoms with Crippen molar-refractivity contribution in [3.63, 3.8) is 0 Å². The van der Waals surface area contributed by atoms with Crippen molar-refractivity contribution in [2.24, 2.45) is 0 Å². The molecule has 0 unspecified atom stereocenters. The van der Waals surface area contributed by atoms with Crippen LogP contribution in [0, 0.1) is 0 Å². The van der Waals surface area contributed by atoms with Gasteiger partial charge < -0.3 is 5.73 Å². The van der Waals surface area contributed by atoms with E-state index < -0.39 is 0 Å². The third kappa shape index (κ3) is 2.96. The zero-order valence-electron chi connectivity index (χ0n) is 9.96. The number of rotatable bonds is 3. The van der Waals surface area contributed by atoms with Gasteiger partial charge in [0.15, 0.2) is 0 Å². The van der Waals surface area contributed by atoms with E-state index in [0.717, 1.165) is 11.4 Å². The first-order chi connectivity index (χ1) is 8.15. The maximum Gasteiger partial charge on any atom is 0.223 e. The van der Waals surface area contributed by atoms with Crippen molar-refractivity contribution in [1.82, 2.24) is 19.9 Å². The molecule has 0 aliphatic rings. The molecular formula is C12H15N5. The van der Waals surface area contributed by atoms with Crippen LogP contribution in [0.25, 0.3) is 0 Å². The Hall–Kier alpha value is -2.04. The van der Waals surface area contributed by atoms with Crippen LogP contribution in [0.1, 0.15) is 37.0 Å². The van der Waals surface area contributed by atoms with Crippen LogP contribution in [0.4, 0.5) is 5.95 Å². The van der Waals surface area contributed by atoms with Gasteiger partial charge in [0.05, 0.1) is 0 Å². The molecule has 0 fully saturated rings. The highest BCUT2D eigenvalue weighted by Crippen LogP contribution is 2.11. The van der Waals surface area contributed by atoms with Gasteiger partial charge in [-0.25, -0.2) is 4.98 Å². The molecule has 2 N–H and O–H groups in total. The van der Waals surface area contributed by atoms with Gasteiger partial charge in [0.25, 0.3) is 0 Å². The Labute approximate surface area is 100 Å². The zero-order chi connectivity index (χ0) is 12.3. The van der Waals surface area contributed by atoms with Gasteiger partial charge in [-0.2, -0.15) is 9.97 Å². The van der Waals surface area contributed by atoms with Gasteiger partial charge in [-0.15, -0.1) is 0 Å². The summed E-state index contributed by atoms with van der Waals surface area (Å²) in [5.41, 5.74) is 6.79. The lowest BCUT2D eigenvalue weighted by Gasteiger charge is -2.07. The molecule has 17 heavy (non-hydrogen) atoms. The molecule has 2 aromatic rings. The van der Waals surface area contributed by atoms with Gasteiger partial charge in [-0.1, -0.05) is 13.8 Å². The Bertz CT molecular complexity index is 496. The minimum atomic E-state index is 0.247. The number of nitrogen functional groups attached to an aromatic ring is 1. The van der Waals surface area contributed by atoms with Crippen LogP contribution >= 0.6 is 0 Å². The van der Waals surface area contributed by atoms with Gasteiger partial charge >= 0.3 is 0 Å². The summed E-state index contributed by atoms with van der Waals surface area (Å²) in [4.78, 5) is 16.6. The predicted octanol–water partition coefficient (Wildman–Crippen LogP) is 1.56. The number of nitrogens with zero attached hydrogens (tertiary/aromatic N) is 4. The summed E-state index contributed by atoms with van der Waals surface area (Å²) in [6.45, 7) is 4.07. The third-order valence-corrected chi connectivity index (χ3v) is 2.34. The van der Waals surface area contributed by atoms with E-state index in [0.29, 0.717) is 12.2 Å². The van der Waals surface area contributed by atoms with Crippen LogP contribution in [0.2, 0.25) is 0 Å². The molecule has 0 aromatic carbocycles. The van der Waals surface area contributed by atoms with E-state index in [1.54, 1.807) is 12.4 Å². The summed E-state index contributed by atoms with van der Waals surface area (Å²) >= 11 is 0. The lowest BCUT2D eigenvalue weighted by Crippen LogP contribution is -2.08. The molecular weight excluding hydrogens is 214 g/mol. The van der Waals surface area contributed by atoms with Crippen molar-refractivity contribution in [2.45, 2.75) is 26.2 Å². The molecule has 0 saturated carbocycles. The number of hydrogen-bond donors (Lipinski definition) is 1. The second kappa shape index (κ2) is 4.86. The molecule has 88 valence electrons. The maximum atomic E-state index is 5.68. The number of anilines is 1. The monoisotopic (exact) mass is 229 g/mol. The van der Waals surface area contributed by atoms with Gasteiger partial charge in [0.2, 0.25) is 5.95 Å². The first-order valence-corrected chi connectivity index (χ1v) is 5.54. The van der Waals surface area contributed by atoms with Crippen LogP contribution in [0.5, 0.6) is 0 Å². The van der Waals surface area contributed by atoms with E-state index in [-0.39, 0.29) is 11.9 Å². The largest absolute Gasteiger partial charge is 0.368 e. The van der Waals surface area contributed by atoms with E-state index in [1.807, 2.05) is 26.0 Å². The SMILES string of the molecule is CC(C)c1nc(N)nc(Cc2ccncc2)n1. The molecule has 0 spiro atoms. The average molecular weight is 229 g/mol. The second-order valence-corrected chi connectivity index (χ2v) is 4.15. The first kappa shape index (κ1) is 11.4. The average Bonchev–Trinajstić information content (AvgIpc) is 2.29. The molecule has 0 saturated heterocycles. The fraction of sp³-hybridized carbons (Fsp3) is 0.333. The van der Waals surface area contributed by atoms with E-state index in [2.05, 4.69) is 19.9 Å². The topological polar surface area (TPSA) is 77.6 Å². The minimum Gasteiger partial charge on any atom is -0.368 e. The molecule has 0 bridgehead atoms. The highest BCUT2D eigenvalue weighted by atomic mass is 15.1. The van der Waals surface area contributed by atoms with Crippen molar-refractivity contribution in [3.8, 4) is 0 Å². The van der Waals surface area contributed by atoms with Crippen molar-refractivity contribution in [3.05, 3.63) is 41.7 Å². The quantitative estimate of drug-likeness (QED) is 0.864. The third-order valence-electron chi connectivity index (χ3n) is 2.34. The van der Waals surface area contributed by atoms with E-state index in [9.17, 15) is 0 Å². The van der Waals surface area contributed by atoms with Crippen molar-refractivity contribution in [2.75, 3.05) is 5.73 Å². The van der Waals surface area contributed by atoms with Crippen molar-refractivity contribution >= 4 is 5.95 Å². The van der Waals surface area contributed by atoms with Crippen LogP contribution < -0.4 is 5.73 Å². The fourth-order valence-electron chi connectivity index (χ4n) is 1.48. The zero-order valence-corrected chi connectivity index (χ0v) is 9.96. The Morgan fingerprint density at radius 2 is 1.82 bits per heavy atom. The van der Waals surface area contributed by atoms with Crippen molar-refractivity contribution < 1.29 is 0 Å². The summed E-state index contributed by atoms with van der Waals surface area (Å²) in [5.74, 6) is 1.97. The van der Waals surface area contributed by atoms with Crippen molar-refractivity contribution in [1.29, 1.82) is 0 Å². The molecule has 5 nitrogen and oxygen atoms in total. The summed E-state index contributed by atoms with van der Waals surface area (Å²) < 4.78 is 0. The molecule has 0 atom stereocenters. The Morgan fingerprint density at radius 1 is 1.12 bits per heavy atom. The normalized spacial score (nSPS) is 10.8. The van der Waals surface area contributed by atoms with Crippen LogP contribution in [-0.4, -0.2) is 19.9 Å². The Morgan fingerprint density at radius 3 is 2.47 bits per heavy atom. The molecule has 2 rings (SSSR count). The van der Waals surface area contributed by atoms with Crippen LogP contribution in [0.15, 0.2) is 24.5 Å². The fourth-order valence-corrected chi connectivity index (χ4v) is 1.48. The lowest BCUT2D eigenvalue weighted by atomic mass is 10.2. The molecule has 0 aliphatic carbocycles. The number of hydrogen-bond acceptors (Lipinski definition) is 5. The van der Waals surface area contributed by atoms with Gasteiger partial charge in [0, 0.05) is 24.7 Å². The highest BCUT2D eigenvalue weighted by molar-refractivity contribution is 5.21. The maximum absolute atomic E-state index is 5.68. The summed E-state index contributed by atoms with van der Waals surface area (Å²) in [6, 6.07) is 3.88. The first-order valence-electron chi connectivity index (χ1n) is 5.54. The van der Waals surface area contributed by atoms with Gasteiger partial charge in [-0.3, -0.25) is 4.98 Å². The van der Waals surface area contributed by atoms with Gasteiger partial charge in [0.1, 0.15) is 11.6 Å². The Balaban J connectivity index is 2.27. The summed E-state index contributed by atoms with van der Waals surface area (Å²) in [5, 5.41) is 0. The Kier molecular flexibility index (Phi) is 3.27. The molecule has 5 heteroatoms. The number of pyridine rings is 1. The summed E-state index contributed by atoms with van der Waals surface area (Å²) in [6.07, 6.45) is 4.15. The molecule has 0 amide bonds. The standard InChI is InChI=1S/C12H15N5/c1-8(2)11-15-10(16-12(13)17-11)7-9-3-5-14-6-4-9/h3-6,8H,7H2,1-2H3,(H2,13,15,16,17). The highest BCUT2D eigenvalue weighted by Gasteiger charge is 2.08. The van der Waals surface area contributed by atoms with E-state index >= 15 is 0 Å². The van der Waals surface area contributed by atoms with Crippen LogP contribution in [-0.2, 0) is 6.42 Å². The van der Waals surface area contributed by atoms with E-state index in [1.165, 1.54) is 0 Å². The molecule has 0 radical (unpaired) electrons. The summed E-state index contributed by atoms with van der Waals surface area (Å²) in [7, 11) is 0.